The minimum absolute atomic E-state index is 0. The van der Waals surface area contributed by atoms with Gasteiger partial charge < -0.3 is 10.6 Å². The van der Waals surface area contributed by atoms with Crippen molar-refractivity contribution in [3.8, 4) is 0 Å². The zero-order valence-electron chi connectivity index (χ0n) is 12.1. The van der Waals surface area contributed by atoms with Gasteiger partial charge in [0.15, 0.2) is 0 Å². The molecule has 1 aliphatic carbocycles. The summed E-state index contributed by atoms with van der Waals surface area (Å²) in [6.07, 6.45) is 9.73. The summed E-state index contributed by atoms with van der Waals surface area (Å²) in [5, 5.41) is 0. The summed E-state index contributed by atoms with van der Waals surface area (Å²) in [7, 11) is 0. The molecule has 0 aromatic rings. The van der Waals surface area contributed by atoms with Crippen LogP contribution in [0.25, 0.3) is 0 Å². The number of amides is 1. The largest absolute Gasteiger partial charge is 0.338 e. The van der Waals surface area contributed by atoms with Crippen molar-refractivity contribution < 1.29 is 4.79 Å². The number of likely N-dealkylation sites (tertiary alicyclic amines) is 1. The molecule has 0 radical (unpaired) electrons. The average Bonchev–Trinajstić information content (AvgIpc) is 2.88. The topological polar surface area (TPSA) is 46.3 Å². The fraction of sp³-hybridized carbons (Fsp3) is 0.933. The summed E-state index contributed by atoms with van der Waals surface area (Å²) in [5.41, 5.74) is 5.74. The maximum atomic E-state index is 12.3. The molecule has 0 spiro atoms. The summed E-state index contributed by atoms with van der Waals surface area (Å²) in [6, 6.07) is 0.316. The monoisotopic (exact) mass is 288 g/mol. The van der Waals surface area contributed by atoms with E-state index in [0.29, 0.717) is 24.4 Å². The standard InChI is InChI=1S/C15H28N2O.ClH/c1-12(13-6-3-2-4-7-13)10-15(18)17-9-5-8-14(17)11-16;/h12-14H,2-11,16H2,1H3;1H. The van der Waals surface area contributed by atoms with E-state index in [4.69, 9.17) is 5.73 Å². The Morgan fingerprint density at radius 1 is 1.21 bits per heavy atom. The third-order valence-corrected chi connectivity index (χ3v) is 4.92. The van der Waals surface area contributed by atoms with Crippen LogP contribution in [-0.2, 0) is 4.79 Å². The highest BCUT2D eigenvalue weighted by atomic mass is 35.5. The van der Waals surface area contributed by atoms with Gasteiger partial charge in [0.1, 0.15) is 0 Å². The van der Waals surface area contributed by atoms with E-state index in [1.165, 1.54) is 32.1 Å². The molecular formula is C15H29ClN2O. The smallest absolute Gasteiger partial charge is 0.223 e. The first-order chi connectivity index (χ1) is 8.72. The molecule has 1 saturated heterocycles. The number of hydrogen-bond donors (Lipinski definition) is 1. The van der Waals surface area contributed by atoms with E-state index in [-0.39, 0.29) is 12.4 Å². The predicted octanol–water partition coefficient (Wildman–Crippen LogP) is 2.96. The Hall–Kier alpha value is -0.280. The van der Waals surface area contributed by atoms with Crippen molar-refractivity contribution in [1.29, 1.82) is 0 Å². The lowest BCUT2D eigenvalue weighted by Crippen LogP contribution is -2.40. The van der Waals surface area contributed by atoms with Gasteiger partial charge >= 0.3 is 0 Å². The second kappa shape index (κ2) is 8.11. The van der Waals surface area contributed by atoms with Crippen LogP contribution in [0.15, 0.2) is 0 Å². The lowest BCUT2D eigenvalue weighted by atomic mass is 9.79. The number of nitrogens with two attached hydrogens (primary N) is 1. The maximum Gasteiger partial charge on any atom is 0.223 e. The van der Waals surface area contributed by atoms with Crippen molar-refractivity contribution in [3.05, 3.63) is 0 Å². The van der Waals surface area contributed by atoms with Crippen LogP contribution in [0, 0.1) is 11.8 Å². The number of carbonyl (C=O) groups is 1. The number of hydrogen-bond acceptors (Lipinski definition) is 2. The Balaban J connectivity index is 0.00000180. The van der Waals surface area contributed by atoms with E-state index in [9.17, 15) is 4.79 Å². The van der Waals surface area contributed by atoms with Gasteiger partial charge in [-0.1, -0.05) is 39.0 Å². The molecule has 0 aromatic carbocycles. The minimum Gasteiger partial charge on any atom is -0.338 e. The van der Waals surface area contributed by atoms with Gasteiger partial charge in [0.2, 0.25) is 5.91 Å². The molecular weight excluding hydrogens is 260 g/mol. The molecule has 0 aromatic heterocycles. The summed E-state index contributed by atoms with van der Waals surface area (Å²) < 4.78 is 0. The Bertz CT molecular complexity index is 279. The normalized spacial score (nSPS) is 26.0. The van der Waals surface area contributed by atoms with Gasteiger partial charge in [-0.3, -0.25) is 4.79 Å². The minimum atomic E-state index is 0. The van der Waals surface area contributed by atoms with Gasteiger partial charge in [0, 0.05) is 25.6 Å². The van der Waals surface area contributed by atoms with E-state index in [0.717, 1.165) is 31.7 Å². The van der Waals surface area contributed by atoms with Crippen LogP contribution in [0.1, 0.15) is 58.3 Å². The van der Waals surface area contributed by atoms with Crippen LogP contribution in [0.5, 0.6) is 0 Å². The molecule has 19 heavy (non-hydrogen) atoms. The van der Waals surface area contributed by atoms with Crippen LogP contribution in [0.2, 0.25) is 0 Å². The van der Waals surface area contributed by atoms with E-state index in [1.54, 1.807) is 0 Å². The molecule has 1 saturated carbocycles. The van der Waals surface area contributed by atoms with Crippen molar-refractivity contribution >= 4 is 18.3 Å². The number of carbonyl (C=O) groups excluding carboxylic acids is 1. The van der Waals surface area contributed by atoms with Gasteiger partial charge in [-0.15, -0.1) is 12.4 Å². The lowest BCUT2D eigenvalue weighted by Gasteiger charge is -2.30. The molecule has 2 N–H and O–H groups in total. The molecule has 1 aliphatic heterocycles. The molecule has 3 nitrogen and oxygen atoms in total. The van der Waals surface area contributed by atoms with Crippen LogP contribution in [-0.4, -0.2) is 29.9 Å². The second-order valence-electron chi connectivity index (χ2n) is 6.20. The summed E-state index contributed by atoms with van der Waals surface area (Å²) in [4.78, 5) is 14.4. The van der Waals surface area contributed by atoms with Crippen molar-refractivity contribution in [2.45, 2.75) is 64.3 Å². The van der Waals surface area contributed by atoms with E-state index in [1.807, 2.05) is 4.90 Å². The summed E-state index contributed by atoms with van der Waals surface area (Å²) in [6.45, 7) is 3.82. The van der Waals surface area contributed by atoms with Crippen molar-refractivity contribution in [2.24, 2.45) is 17.6 Å². The third-order valence-electron chi connectivity index (χ3n) is 4.92. The average molecular weight is 289 g/mol. The first kappa shape index (κ1) is 16.8. The highest BCUT2D eigenvalue weighted by Crippen LogP contribution is 2.32. The Labute approximate surface area is 123 Å². The molecule has 2 unspecified atom stereocenters. The first-order valence-corrected chi connectivity index (χ1v) is 7.72. The van der Waals surface area contributed by atoms with E-state index < -0.39 is 0 Å². The Kier molecular flexibility index (Phi) is 7.16. The molecule has 4 heteroatoms. The van der Waals surface area contributed by atoms with Gasteiger partial charge in [0.25, 0.3) is 0 Å². The molecule has 1 heterocycles. The fourth-order valence-corrected chi connectivity index (χ4v) is 3.67. The van der Waals surface area contributed by atoms with Gasteiger partial charge in [0.05, 0.1) is 0 Å². The zero-order chi connectivity index (χ0) is 13.0. The molecule has 0 bridgehead atoms. The van der Waals surface area contributed by atoms with Crippen molar-refractivity contribution in [1.82, 2.24) is 4.90 Å². The van der Waals surface area contributed by atoms with E-state index in [2.05, 4.69) is 6.92 Å². The molecule has 2 aliphatic rings. The van der Waals surface area contributed by atoms with Gasteiger partial charge in [-0.25, -0.2) is 0 Å². The number of halogens is 1. The highest BCUT2D eigenvalue weighted by molar-refractivity contribution is 5.85. The SMILES string of the molecule is CC(CC(=O)N1CCCC1CN)C1CCCCC1.Cl. The first-order valence-electron chi connectivity index (χ1n) is 7.72. The van der Waals surface area contributed by atoms with Crippen molar-refractivity contribution in [3.63, 3.8) is 0 Å². The van der Waals surface area contributed by atoms with Gasteiger partial charge in [-0.05, 0) is 24.7 Å². The predicted molar refractivity (Wildman–Crippen MR) is 81.4 cm³/mol. The molecule has 2 fully saturated rings. The summed E-state index contributed by atoms with van der Waals surface area (Å²) >= 11 is 0. The third kappa shape index (κ3) is 4.35. The lowest BCUT2D eigenvalue weighted by molar-refractivity contribution is -0.133. The number of nitrogens with zero attached hydrogens (tertiary/aromatic N) is 1. The highest BCUT2D eigenvalue weighted by Gasteiger charge is 2.30. The van der Waals surface area contributed by atoms with Gasteiger partial charge in [-0.2, -0.15) is 0 Å². The van der Waals surface area contributed by atoms with Crippen molar-refractivity contribution in [2.75, 3.05) is 13.1 Å². The molecule has 1 amide bonds. The quantitative estimate of drug-likeness (QED) is 0.864. The van der Waals surface area contributed by atoms with Crippen LogP contribution in [0.3, 0.4) is 0 Å². The fourth-order valence-electron chi connectivity index (χ4n) is 3.67. The second-order valence-corrected chi connectivity index (χ2v) is 6.20. The molecule has 2 atom stereocenters. The zero-order valence-corrected chi connectivity index (χ0v) is 13.0. The van der Waals surface area contributed by atoms with Crippen LogP contribution >= 0.6 is 12.4 Å². The van der Waals surface area contributed by atoms with Crippen LogP contribution < -0.4 is 5.73 Å². The Morgan fingerprint density at radius 2 is 1.89 bits per heavy atom. The van der Waals surface area contributed by atoms with Crippen LogP contribution in [0.4, 0.5) is 0 Å². The molecule has 2 rings (SSSR count). The van der Waals surface area contributed by atoms with E-state index >= 15 is 0 Å². The Morgan fingerprint density at radius 3 is 2.53 bits per heavy atom. The molecule has 112 valence electrons. The summed E-state index contributed by atoms with van der Waals surface area (Å²) in [5.74, 6) is 1.68. The number of rotatable bonds is 4. The maximum absolute atomic E-state index is 12.3.